The summed E-state index contributed by atoms with van der Waals surface area (Å²) >= 11 is 0. The van der Waals surface area contributed by atoms with Crippen molar-refractivity contribution in [3.63, 3.8) is 0 Å². The molecule has 1 N–H and O–H groups in total. The van der Waals surface area contributed by atoms with E-state index >= 15 is 0 Å². The number of hydrogen-bond acceptors (Lipinski definition) is 6. The van der Waals surface area contributed by atoms with Crippen LogP contribution >= 0.6 is 0 Å². The molecule has 3 aromatic carbocycles. The number of aromatic nitrogens is 1. The Bertz CT molecular complexity index is 1560. The van der Waals surface area contributed by atoms with E-state index < -0.39 is 12.2 Å². The van der Waals surface area contributed by atoms with Gasteiger partial charge in [0.1, 0.15) is 17.7 Å². The highest BCUT2D eigenvalue weighted by atomic mass is 16.3. The van der Waals surface area contributed by atoms with E-state index in [2.05, 4.69) is 10.3 Å². The number of para-hydroxylation sites is 1. The molecular formula is C32H34N6O4. The summed E-state index contributed by atoms with van der Waals surface area (Å²) in [7, 11) is 0. The number of nitrogens with zero attached hydrogens (tertiary/aromatic N) is 5. The lowest BCUT2D eigenvalue weighted by Gasteiger charge is -2.46. The van der Waals surface area contributed by atoms with Crippen molar-refractivity contribution < 1.29 is 18.8 Å². The Morgan fingerprint density at radius 3 is 2.48 bits per heavy atom. The molecule has 0 bridgehead atoms. The van der Waals surface area contributed by atoms with Crippen molar-refractivity contribution in [2.75, 3.05) is 19.6 Å². The maximum Gasteiger partial charge on any atom is 0.332 e. The maximum absolute atomic E-state index is 14.1. The van der Waals surface area contributed by atoms with Crippen LogP contribution in [0.2, 0.25) is 0 Å². The smallest absolute Gasteiger partial charge is 0.332 e. The normalized spacial score (nSPS) is 18.9. The minimum absolute atomic E-state index is 0.0213. The molecule has 4 aromatic rings. The first-order chi connectivity index (χ1) is 20.5. The van der Waals surface area contributed by atoms with Gasteiger partial charge in [-0.15, -0.1) is 0 Å². The van der Waals surface area contributed by atoms with Crippen LogP contribution < -0.4 is 5.32 Å². The average molecular weight is 567 g/mol. The molecular weight excluding hydrogens is 532 g/mol. The minimum Gasteiger partial charge on any atom is -0.443 e. The van der Waals surface area contributed by atoms with E-state index in [1.54, 1.807) is 14.8 Å². The molecule has 10 nitrogen and oxygen atoms in total. The summed E-state index contributed by atoms with van der Waals surface area (Å²) in [5.41, 5.74) is 4.15. The Kier molecular flexibility index (Phi) is 7.87. The van der Waals surface area contributed by atoms with Crippen LogP contribution in [0.4, 0.5) is 4.79 Å². The molecule has 0 aliphatic carbocycles. The molecule has 216 valence electrons. The van der Waals surface area contributed by atoms with E-state index in [9.17, 15) is 14.4 Å². The number of fused-ring (bicyclic) bond motifs is 2. The van der Waals surface area contributed by atoms with Crippen molar-refractivity contribution in [2.24, 2.45) is 0 Å². The number of carbonyl (C=O) groups is 3. The quantitative estimate of drug-likeness (QED) is 0.331. The second-order valence-electron chi connectivity index (χ2n) is 10.7. The lowest BCUT2D eigenvalue weighted by molar-refractivity contribution is -0.157. The molecule has 2 aliphatic heterocycles. The highest BCUT2D eigenvalue weighted by Crippen LogP contribution is 2.31. The number of oxazole rings is 1. The first-order valence-corrected chi connectivity index (χ1v) is 14.3. The van der Waals surface area contributed by atoms with Crippen LogP contribution in [-0.2, 0) is 29.1 Å². The third-order valence-electron chi connectivity index (χ3n) is 7.90. The van der Waals surface area contributed by atoms with Crippen molar-refractivity contribution in [1.29, 1.82) is 0 Å². The van der Waals surface area contributed by atoms with E-state index in [-0.39, 0.29) is 30.9 Å². The van der Waals surface area contributed by atoms with Gasteiger partial charge in [-0.05, 0) is 23.6 Å². The van der Waals surface area contributed by atoms with Gasteiger partial charge in [-0.1, -0.05) is 79.7 Å². The lowest BCUT2D eigenvalue weighted by atomic mass is 10.00. The Morgan fingerprint density at radius 2 is 1.74 bits per heavy atom. The predicted molar refractivity (Wildman–Crippen MR) is 156 cm³/mol. The van der Waals surface area contributed by atoms with Crippen LogP contribution in [0.1, 0.15) is 30.0 Å². The zero-order valence-corrected chi connectivity index (χ0v) is 23.6. The Balaban J connectivity index is 1.30. The number of amides is 4. The zero-order valence-electron chi connectivity index (χ0n) is 23.6. The summed E-state index contributed by atoms with van der Waals surface area (Å²) in [5, 5.41) is 6.48. The maximum atomic E-state index is 14.1. The number of hydrazine groups is 1. The standard InChI is InChI=1S/C32H34N6O4/c1-2-16-36(32(41)33-18-24-12-7-4-8-13-24)37-21-29(39)38-27(17-23-10-5-3-6-11-23)31(40)35(20-28(37)38)19-25-14-9-15-26-30(25)42-22-34-26/h3-15,22,27-28H,2,16-21H2,1H3,(H,33,41)/t27-,28+/m0/s1. The van der Waals surface area contributed by atoms with Crippen LogP contribution in [-0.4, -0.2) is 74.5 Å². The van der Waals surface area contributed by atoms with E-state index in [0.717, 1.165) is 22.2 Å². The average Bonchev–Trinajstić information content (AvgIpc) is 3.63. The zero-order chi connectivity index (χ0) is 29.1. The summed E-state index contributed by atoms with van der Waals surface area (Å²) in [5.74, 6) is -0.291. The summed E-state index contributed by atoms with van der Waals surface area (Å²) < 4.78 is 5.65. The van der Waals surface area contributed by atoms with Crippen molar-refractivity contribution in [1.82, 2.24) is 30.1 Å². The molecule has 10 heteroatoms. The topological polar surface area (TPSA) is 102 Å². The molecule has 2 aliphatic rings. The number of carbonyl (C=O) groups excluding carboxylic acids is 3. The molecule has 4 amide bonds. The van der Waals surface area contributed by atoms with Gasteiger partial charge in [0.2, 0.25) is 11.8 Å². The van der Waals surface area contributed by atoms with Crippen molar-refractivity contribution in [3.8, 4) is 0 Å². The molecule has 0 saturated carbocycles. The fourth-order valence-electron chi connectivity index (χ4n) is 5.93. The van der Waals surface area contributed by atoms with Crippen molar-refractivity contribution >= 4 is 28.9 Å². The summed E-state index contributed by atoms with van der Waals surface area (Å²) in [6.07, 6.45) is 2.00. The summed E-state index contributed by atoms with van der Waals surface area (Å²) in [6, 6.07) is 24.2. The van der Waals surface area contributed by atoms with E-state index in [0.29, 0.717) is 38.1 Å². The third-order valence-corrected chi connectivity index (χ3v) is 7.90. The van der Waals surface area contributed by atoms with Gasteiger partial charge in [-0.2, -0.15) is 5.01 Å². The van der Waals surface area contributed by atoms with Crippen molar-refractivity contribution in [2.45, 2.75) is 45.1 Å². The highest BCUT2D eigenvalue weighted by Gasteiger charge is 2.52. The first kappa shape index (κ1) is 27.5. The third kappa shape index (κ3) is 5.45. The molecule has 2 saturated heterocycles. The van der Waals surface area contributed by atoms with Gasteiger partial charge in [0.15, 0.2) is 12.0 Å². The van der Waals surface area contributed by atoms with Gasteiger partial charge in [0, 0.05) is 31.6 Å². The largest absolute Gasteiger partial charge is 0.443 e. The van der Waals surface area contributed by atoms with Gasteiger partial charge in [-0.25, -0.2) is 9.78 Å². The molecule has 0 radical (unpaired) electrons. The Morgan fingerprint density at radius 1 is 1.00 bits per heavy atom. The SMILES string of the molecule is CCCN(C(=O)NCc1ccccc1)N1CC(=O)N2[C@@H](Cc3ccccc3)C(=O)N(Cc3cccc4ncoc34)C[C@@H]21. The van der Waals surface area contributed by atoms with E-state index in [1.165, 1.54) is 6.39 Å². The fraction of sp³-hybridized carbons (Fsp3) is 0.312. The Labute approximate surface area is 244 Å². The van der Waals surface area contributed by atoms with Crippen LogP contribution in [0.15, 0.2) is 89.7 Å². The van der Waals surface area contributed by atoms with Crippen LogP contribution in [0.3, 0.4) is 0 Å². The monoisotopic (exact) mass is 566 g/mol. The number of urea groups is 1. The van der Waals surface area contributed by atoms with Gasteiger partial charge >= 0.3 is 6.03 Å². The van der Waals surface area contributed by atoms with Gasteiger partial charge < -0.3 is 19.5 Å². The highest BCUT2D eigenvalue weighted by molar-refractivity contribution is 5.92. The summed E-state index contributed by atoms with van der Waals surface area (Å²) in [6.45, 7) is 3.39. The van der Waals surface area contributed by atoms with Crippen LogP contribution in [0.25, 0.3) is 11.1 Å². The van der Waals surface area contributed by atoms with Crippen LogP contribution in [0, 0.1) is 0 Å². The summed E-state index contributed by atoms with van der Waals surface area (Å²) in [4.78, 5) is 49.0. The number of hydrogen-bond donors (Lipinski definition) is 1. The van der Waals surface area contributed by atoms with Gasteiger partial charge in [0.25, 0.3) is 0 Å². The molecule has 0 unspecified atom stereocenters. The number of rotatable bonds is 9. The molecule has 2 atom stereocenters. The van der Waals surface area contributed by atoms with E-state index in [4.69, 9.17) is 4.42 Å². The molecule has 1 aromatic heterocycles. The number of benzene rings is 3. The number of piperazine rings is 1. The van der Waals surface area contributed by atoms with Gasteiger partial charge in [0.05, 0.1) is 13.1 Å². The van der Waals surface area contributed by atoms with Gasteiger partial charge in [-0.3, -0.25) is 14.6 Å². The molecule has 3 heterocycles. The lowest BCUT2D eigenvalue weighted by Crippen LogP contribution is -2.66. The molecule has 42 heavy (non-hydrogen) atoms. The first-order valence-electron chi connectivity index (χ1n) is 14.3. The fourth-order valence-corrected chi connectivity index (χ4v) is 5.93. The second kappa shape index (κ2) is 12.0. The number of nitrogens with one attached hydrogen (secondary N) is 1. The second-order valence-corrected chi connectivity index (χ2v) is 10.7. The van der Waals surface area contributed by atoms with Crippen molar-refractivity contribution in [3.05, 3.63) is 102 Å². The molecule has 6 rings (SSSR count). The predicted octanol–water partition coefficient (Wildman–Crippen LogP) is 3.79. The Hall–Kier alpha value is -4.70. The van der Waals surface area contributed by atoms with Crippen LogP contribution in [0.5, 0.6) is 0 Å². The minimum atomic E-state index is -0.701. The molecule has 2 fully saturated rings. The molecule has 0 spiro atoms. The van der Waals surface area contributed by atoms with E-state index in [1.807, 2.05) is 90.8 Å².